The standard InChI is InChI=1S/C19H17NO4S2/c1-11(21)14-8-16-17(24-10-23-16)9-15(14)20-18(22)12-2-4-13(5-3-12)19-25-6-7-26-19/h2-5,8-9,19H,6-7,10H2,1H3,(H,20,22). The number of nitrogens with one attached hydrogen (secondary N) is 1. The maximum atomic E-state index is 12.6. The first-order valence-corrected chi connectivity index (χ1v) is 10.3. The number of anilines is 1. The summed E-state index contributed by atoms with van der Waals surface area (Å²) in [7, 11) is 0. The van der Waals surface area contributed by atoms with Crippen molar-refractivity contribution < 1.29 is 19.1 Å². The molecule has 2 aliphatic rings. The summed E-state index contributed by atoms with van der Waals surface area (Å²) in [5, 5.41) is 2.82. The lowest BCUT2D eigenvalue weighted by atomic mass is 10.1. The van der Waals surface area contributed by atoms with Gasteiger partial charge in [-0.1, -0.05) is 12.1 Å². The van der Waals surface area contributed by atoms with Crippen LogP contribution in [0.25, 0.3) is 0 Å². The fraction of sp³-hybridized carbons (Fsp3) is 0.263. The van der Waals surface area contributed by atoms with Gasteiger partial charge in [0.15, 0.2) is 17.3 Å². The van der Waals surface area contributed by atoms with E-state index in [0.29, 0.717) is 32.9 Å². The molecule has 2 aromatic rings. The molecule has 1 amide bonds. The van der Waals surface area contributed by atoms with E-state index < -0.39 is 0 Å². The van der Waals surface area contributed by atoms with Gasteiger partial charge in [-0.05, 0) is 30.7 Å². The summed E-state index contributed by atoms with van der Waals surface area (Å²) in [6.45, 7) is 1.57. The highest BCUT2D eigenvalue weighted by Gasteiger charge is 2.21. The smallest absolute Gasteiger partial charge is 0.255 e. The predicted molar refractivity (Wildman–Crippen MR) is 105 cm³/mol. The molecule has 5 nitrogen and oxygen atoms in total. The molecule has 0 aliphatic carbocycles. The fourth-order valence-electron chi connectivity index (χ4n) is 2.87. The molecule has 134 valence electrons. The second-order valence-corrected chi connectivity index (χ2v) is 8.68. The molecule has 7 heteroatoms. The second kappa shape index (κ2) is 7.25. The Hall–Kier alpha value is -2.12. The minimum Gasteiger partial charge on any atom is -0.454 e. The summed E-state index contributed by atoms with van der Waals surface area (Å²) in [5.41, 5.74) is 2.60. The molecular weight excluding hydrogens is 370 g/mol. The number of benzene rings is 2. The van der Waals surface area contributed by atoms with Crippen LogP contribution in [0, 0.1) is 0 Å². The summed E-state index contributed by atoms with van der Waals surface area (Å²) in [4.78, 5) is 24.5. The highest BCUT2D eigenvalue weighted by Crippen LogP contribution is 2.45. The Kier molecular flexibility index (Phi) is 4.82. The van der Waals surface area contributed by atoms with Crippen LogP contribution in [-0.4, -0.2) is 30.0 Å². The molecule has 1 saturated heterocycles. The molecule has 0 saturated carbocycles. The Morgan fingerprint density at radius 3 is 2.35 bits per heavy atom. The molecule has 0 aromatic heterocycles. The van der Waals surface area contributed by atoms with Gasteiger partial charge in [-0.15, -0.1) is 23.5 Å². The summed E-state index contributed by atoms with van der Waals surface area (Å²) in [5.74, 6) is 2.96. The molecule has 0 bridgehead atoms. The average molecular weight is 387 g/mol. The number of carbonyl (C=O) groups is 2. The van der Waals surface area contributed by atoms with Crippen molar-refractivity contribution >= 4 is 40.9 Å². The van der Waals surface area contributed by atoms with E-state index in [1.165, 1.54) is 12.5 Å². The van der Waals surface area contributed by atoms with Crippen molar-refractivity contribution in [3.8, 4) is 11.5 Å². The van der Waals surface area contributed by atoms with Crippen LogP contribution in [0.1, 0.15) is 37.8 Å². The Bertz CT molecular complexity index is 861. The van der Waals surface area contributed by atoms with E-state index in [2.05, 4.69) is 5.32 Å². The third-order valence-corrected chi connectivity index (χ3v) is 7.31. The third kappa shape index (κ3) is 3.41. The molecule has 0 atom stereocenters. The topological polar surface area (TPSA) is 64.6 Å². The van der Waals surface area contributed by atoms with Gasteiger partial charge in [-0.25, -0.2) is 0 Å². The van der Waals surface area contributed by atoms with Crippen molar-refractivity contribution in [2.24, 2.45) is 0 Å². The number of rotatable bonds is 4. The van der Waals surface area contributed by atoms with E-state index in [1.54, 1.807) is 12.1 Å². The summed E-state index contributed by atoms with van der Waals surface area (Å²) >= 11 is 3.86. The van der Waals surface area contributed by atoms with Gasteiger partial charge in [0.2, 0.25) is 6.79 Å². The Balaban J connectivity index is 1.55. The minimum absolute atomic E-state index is 0.114. The number of hydrogen-bond donors (Lipinski definition) is 1. The molecular formula is C19H17NO4S2. The summed E-state index contributed by atoms with van der Waals surface area (Å²) < 4.78 is 11.1. The fourth-order valence-corrected chi connectivity index (χ4v) is 5.73. The van der Waals surface area contributed by atoms with Crippen LogP contribution < -0.4 is 14.8 Å². The lowest BCUT2D eigenvalue weighted by molar-refractivity contribution is 0.101. The monoisotopic (exact) mass is 387 g/mol. The van der Waals surface area contributed by atoms with E-state index in [0.717, 1.165) is 11.5 Å². The van der Waals surface area contributed by atoms with E-state index >= 15 is 0 Å². The second-order valence-electron chi connectivity index (χ2n) is 5.96. The van der Waals surface area contributed by atoms with Gasteiger partial charge in [0.05, 0.1) is 10.3 Å². The van der Waals surface area contributed by atoms with Crippen LogP contribution in [-0.2, 0) is 0 Å². The zero-order valence-corrected chi connectivity index (χ0v) is 15.7. The van der Waals surface area contributed by atoms with Crippen LogP contribution in [0.4, 0.5) is 5.69 Å². The number of ketones is 1. The zero-order valence-electron chi connectivity index (χ0n) is 14.1. The van der Waals surface area contributed by atoms with Crippen LogP contribution in [0.15, 0.2) is 36.4 Å². The quantitative estimate of drug-likeness (QED) is 0.787. The molecule has 2 aromatic carbocycles. The van der Waals surface area contributed by atoms with Crippen molar-refractivity contribution in [3.63, 3.8) is 0 Å². The van der Waals surface area contributed by atoms with Crippen molar-refractivity contribution in [2.45, 2.75) is 11.5 Å². The van der Waals surface area contributed by atoms with E-state index in [9.17, 15) is 9.59 Å². The van der Waals surface area contributed by atoms with Crippen molar-refractivity contribution in [1.82, 2.24) is 0 Å². The molecule has 2 aliphatic heterocycles. The number of thioether (sulfide) groups is 2. The highest BCUT2D eigenvalue weighted by atomic mass is 32.2. The predicted octanol–water partition coefficient (Wildman–Crippen LogP) is 4.35. The lowest BCUT2D eigenvalue weighted by Crippen LogP contribution is -2.14. The molecule has 2 heterocycles. The molecule has 1 fully saturated rings. The maximum absolute atomic E-state index is 12.6. The molecule has 0 radical (unpaired) electrons. The van der Waals surface area contributed by atoms with Crippen molar-refractivity contribution in [2.75, 3.05) is 23.6 Å². The molecule has 4 rings (SSSR count). The first-order chi connectivity index (χ1) is 12.6. The maximum Gasteiger partial charge on any atom is 0.255 e. The zero-order chi connectivity index (χ0) is 18.1. The number of Topliss-reactive ketones (excluding diaryl/α,β-unsaturated/α-hetero) is 1. The Morgan fingerprint density at radius 1 is 1.04 bits per heavy atom. The third-order valence-electron chi connectivity index (χ3n) is 4.21. The van der Waals surface area contributed by atoms with Gasteiger partial charge >= 0.3 is 0 Å². The largest absolute Gasteiger partial charge is 0.454 e. The highest BCUT2D eigenvalue weighted by molar-refractivity contribution is 8.19. The van der Waals surface area contributed by atoms with Gasteiger partial charge in [-0.2, -0.15) is 0 Å². The molecule has 0 unspecified atom stereocenters. The van der Waals surface area contributed by atoms with E-state index in [4.69, 9.17) is 9.47 Å². The van der Waals surface area contributed by atoms with Crippen LogP contribution in [0.2, 0.25) is 0 Å². The van der Waals surface area contributed by atoms with Crippen LogP contribution >= 0.6 is 23.5 Å². The SMILES string of the molecule is CC(=O)c1cc2c(cc1NC(=O)c1ccc(C3SCCS3)cc1)OCO2. The normalized spacial score (nSPS) is 15.9. The van der Waals surface area contributed by atoms with Gasteiger partial charge in [0.25, 0.3) is 5.91 Å². The summed E-state index contributed by atoms with van der Waals surface area (Å²) in [6.07, 6.45) is 0. The minimum atomic E-state index is -0.260. The van der Waals surface area contributed by atoms with Gasteiger partial charge < -0.3 is 14.8 Å². The van der Waals surface area contributed by atoms with Gasteiger partial charge in [-0.3, -0.25) is 9.59 Å². The Labute approximate surface area is 159 Å². The van der Waals surface area contributed by atoms with E-state index in [1.807, 2.05) is 47.8 Å². The number of fused-ring (bicyclic) bond motifs is 1. The number of hydrogen-bond acceptors (Lipinski definition) is 6. The first kappa shape index (κ1) is 17.3. The molecule has 0 spiro atoms. The molecule has 1 N–H and O–H groups in total. The molecule has 26 heavy (non-hydrogen) atoms. The lowest BCUT2D eigenvalue weighted by Gasteiger charge is -2.12. The average Bonchev–Trinajstić information content (AvgIpc) is 3.32. The van der Waals surface area contributed by atoms with Crippen LogP contribution in [0.3, 0.4) is 0 Å². The van der Waals surface area contributed by atoms with Gasteiger partial charge in [0, 0.05) is 28.7 Å². The van der Waals surface area contributed by atoms with Crippen molar-refractivity contribution in [3.05, 3.63) is 53.1 Å². The van der Waals surface area contributed by atoms with Crippen molar-refractivity contribution in [1.29, 1.82) is 0 Å². The summed E-state index contributed by atoms with van der Waals surface area (Å²) in [6, 6.07) is 10.9. The number of carbonyl (C=O) groups excluding carboxylic acids is 2. The van der Waals surface area contributed by atoms with Gasteiger partial charge in [0.1, 0.15) is 0 Å². The first-order valence-electron chi connectivity index (χ1n) is 8.21. The number of ether oxygens (including phenoxy) is 2. The van der Waals surface area contributed by atoms with E-state index in [-0.39, 0.29) is 18.5 Å². The van der Waals surface area contributed by atoms with Crippen LogP contribution in [0.5, 0.6) is 11.5 Å². The Morgan fingerprint density at radius 2 is 1.69 bits per heavy atom. The number of amides is 1.